The molecule has 1 aliphatic carbocycles. The number of aromatic nitrogens is 2. The van der Waals surface area contributed by atoms with Gasteiger partial charge in [0.1, 0.15) is 5.75 Å². The number of carbonyl (C=O) groups is 1. The minimum atomic E-state index is 0.143. The average molecular weight is 452 g/mol. The average Bonchev–Trinajstić information content (AvgIpc) is 3.20. The molecule has 0 spiro atoms. The zero-order valence-electron chi connectivity index (χ0n) is 20.1. The Kier molecular flexibility index (Phi) is 6.58. The van der Waals surface area contributed by atoms with Crippen LogP contribution < -0.4 is 9.64 Å². The number of fused-ring (bicyclic) bond motifs is 1. The second kappa shape index (κ2) is 9.75. The highest BCUT2D eigenvalue weighted by Gasteiger charge is 2.34. The number of anilines is 1. The molecule has 3 aliphatic rings. The summed E-state index contributed by atoms with van der Waals surface area (Å²) in [4.78, 5) is 20.4. The molecule has 0 saturated carbocycles. The van der Waals surface area contributed by atoms with Crippen molar-refractivity contribution in [2.24, 2.45) is 7.05 Å². The summed E-state index contributed by atoms with van der Waals surface area (Å²) in [5.41, 5.74) is 4.37. The summed E-state index contributed by atoms with van der Waals surface area (Å²) in [6.07, 6.45) is 6.53. The van der Waals surface area contributed by atoms with Crippen LogP contribution in [0.25, 0.3) is 0 Å². The van der Waals surface area contributed by atoms with Crippen molar-refractivity contribution in [2.75, 3.05) is 50.8 Å². The Morgan fingerprint density at radius 2 is 1.82 bits per heavy atom. The molecular formula is C26H37N5O2. The molecule has 7 nitrogen and oxygen atoms in total. The predicted octanol–water partition coefficient (Wildman–Crippen LogP) is 3.12. The van der Waals surface area contributed by atoms with Gasteiger partial charge in [0.05, 0.1) is 12.3 Å². The lowest BCUT2D eigenvalue weighted by Gasteiger charge is -2.42. The first-order valence-electron chi connectivity index (χ1n) is 12.7. The highest BCUT2D eigenvalue weighted by Crippen LogP contribution is 2.32. The number of para-hydroxylation sites is 2. The molecule has 1 aromatic heterocycles. The van der Waals surface area contributed by atoms with E-state index in [0.717, 1.165) is 77.1 Å². The molecule has 3 heterocycles. The third-order valence-electron chi connectivity index (χ3n) is 7.61. The Morgan fingerprint density at radius 3 is 2.58 bits per heavy atom. The van der Waals surface area contributed by atoms with Crippen molar-refractivity contribution in [1.82, 2.24) is 19.6 Å². The monoisotopic (exact) mass is 451 g/mol. The number of aryl methyl sites for hydroxylation is 1. The summed E-state index contributed by atoms with van der Waals surface area (Å²) in [6, 6.07) is 8.86. The summed E-state index contributed by atoms with van der Waals surface area (Å²) in [6.45, 7) is 8.55. The van der Waals surface area contributed by atoms with E-state index < -0.39 is 0 Å². The van der Waals surface area contributed by atoms with Crippen molar-refractivity contribution >= 4 is 11.6 Å². The van der Waals surface area contributed by atoms with Gasteiger partial charge in [0, 0.05) is 63.6 Å². The molecule has 2 fully saturated rings. The Bertz CT molecular complexity index is 973. The number of hydrogen-bond acceptors (Lipinski definition) is 5. The fourth-order valence-corrected chi connectivity index (χ4v) is 5.83. The topological polar surface area (TPSA) is 53.8 Å². The number of rotatable bonds is 5. The molecule has 0 N–H and O–H groups in total. The number of ether oxygens (including phenoxy) is 1. The molecule has 178 valence electrons. The van der Waals surface area contributed by atoms with Gasteiger partial charge in [0.25, 0.3) is 5.91 Å². The van der Waals surface area contributed by atoms with Crippen LogP contribution in [0.1, 0.15) is 54.4 Å². The molecule has 1 amide bonds. The zero-order chi connectivity index (χ0) is 22.8. The first-order chi connectivity index (χ1) is 16.2. The Hall–Kier alpha value is -2.54. The van der Waals surface area contributed by atoms with Gasteiger partial charge in [0.2, 0.25) is 0 Å². The van der Waals surface area contributed by atoms with Crippen LogP contribution in [0, 0.1) is 0 Å². The summed E-state index contributed by atoms with van der Waals surface area (Å²) in [5, 5.41) is 4.71. The number of hydrogen-bond donors (Lipinski definition) is 0. The molecule has 33 heavy (non-hydrogen) atoms. The molecule has 2 saturated heterocycles. The van der Waals surface area contributed by atoms with Gasteiger partial charge in [-0.1, -0.05) is 12.1 Å². The van der Waals surface area contributed by atoms with E-state index >= 15 is 0 Å². The van der Waals surface area contributed by atoms with E-state index in [4.69, 9.17) is 9.84 Å². The molecular weight excluding hydrogens is 414 g/mol. The van der Waals surface area contributed by atoms with Crippen LogP contribution in [0.3, 0.4) is 0 Å². The van der Waals surface area contributed by atoms with Crippen molar-refractivity contribution in [2.45, 2.75) is 51.5 Å². The lowest BCUT2D eigenvalue weighted by molar-refractivity contribution is 0.0715. The fraction of sp³-hybridized carbons (Fsp3) is 0.615. The van der Waals surface area contributed by atoms with Gasteiger partial charge in [-0.15, -0.1) is 0 Å². The number of amides is 1. The number of carbonyl (C=O) groups excluding carboxylic acids is 1. The number of piperidine rings is 1. The predicted molar refractivity (Wildman–Crippen MR) is 130 cm³/mol. The van der Waals surface area contributed by atoms with E-state index in [0.29, 0.717) is 18.3 Å². The van der Waals surface area contributed by atoms with E-state index in [-0.39, 0.29) is 5.91 Å². The summed E-state index contributed by atoms with van der Waals surface area (Å²) >= 11 is 0. The van der Waals surface area contributed by atoms with Crippen LogP contribution >= 0.6 is 0 Å². The molecule has 1 aromatic carbocycles. The maximum absolute atomic E-state index is 13.3. The maximum atomic E-state index is 13.3. The summed E-state index contributed by atoms with van der Waals surface area (Å²) in [7, 11) is 2.00. The normalized spacial score (nSPS) is 21.7. The molecule has 5 rings (SSSR count). The SMILES string of the molecule is CCOc1ccccc1N1CCN(C2CCc3c(c(C(=O)N4CCCCC4)nn3C)C2)CC1. The quantitative estimate of drug-likeness (QED) is 0.699. The lowest BCUT2D eigenvalue weighted by atomic mass is 9.89. The zero-order valence-corrected chi connectivity index (χ0v) is 20.1. The smallest absolute Gasteiger partial charge is 0.274 e. The van der Waals surface area contributed by atoms with E-state index in [2.05, 4.69) is 28.0 Å². The highest BCUT2D eigenvalue weighted by atomic mass is 16.5. The molecule has 1 atom stereocenters. The number of piperazine rings is 1. The van der Waals surface area contributed by atoms with E-state index in [1.54, 1.807) is 0 Å². The largest absolute Gasteiger partial charge is 0.492 e. The molecule has 0 bridgehead atoms. The van der Waals surface area contributed by atoms with Crippen LogP contribution in [-0.4, -0.2) is 77.4 Å². The van der Waals surface area contributed by atoms with Gasteiger partial charge < -0.3 is 14.5 Å². The third-order valence-corrected chi connectivity index (χ3v) is 7.61. The number of likely N-dealkylation sites (tertiary alicyclic amines) is 1. The Morgan fingerprint density at radius 1 is 1.06 bits per heavy atom. The van der Waals surface area contributed by atoms with E-state index in [1.807, 2.05) is 29.6 Å². The van der Waals surface area contributed by atoms with Gasteiger partial charge in [0.15, 0.2) is 5.69 Å². The van der Waals surface area contributed by atoms with Crippen molar-refractivity contribution < 1.29 is 9.53 Å². The molecule has 7 heteroatoms. The lowest BCUT2D eigenvalue weighted by Crippen LogP contribution is -2.52. The first kappa shape index (κ1) is 22.3. The fourth-order valence-electron chi connectivity index (χ4n) is 5.83. The van der Waals surface area contributed by atoms with Crippen molar-refractivity contribution in [3.8, 4) is 5.75 Å². The molecule has 2 aliphatic heterocycles. The second-order valence-electron chi connectivity index (χ2n) is 9.57. The molecule has 2 aromatic rings. The minimum absolute atomic E-state index is 0.143. The van der Waals surface area contributed by atoms with Gasteiger partial charge in [-0.3, -0.25) is 14.4 Å². The highest BCUT2D eigenvalue weighted by molar-refractivity contribution is 5.94. The van der Waals surface area contributed by atoms with Crippen molar-refractivity contribution in [1.29, 1.82) is 0 Å². The van der Waals surface area contributed by atoms with Crippen molar-refractivity contribution in [3.63, 3.8) is 0 Å². The Labute approximate surface area is 197 Å². The minimum Gasteiger partial charge on any atom is -0.492 e. The standard InChI is InChI=1S/C26H37N5O2/c1-3-33-24-10-6-5-9-23(24)30-17-15-29(16-18-30)20-11-12-22-21(19-20)25(27-28(22)2)26(32)31-13-7-4-8-14-31/h5-6,9-10,20H,3-4,7-8,11-19H2,1-2H3. The molecule has 1 unspecified atom stereocenters. The van der Waals surface area contributed by atoms with Crippen LogP contribution in [-0.2, 0) is 19.9 Å². The molecule has 0 radical (unpaired) electrons. The van der Waals surface area contributed by atoms with E-state index in [9.17, 15) is 4.79 Å². The van der Waals surface area contributed by atoms with E-state index in [1.165, 1.54) is 23.4 Å². The summed E-state index contributed by atoms with van der Waals surface area (Å²) in [5.74, 6) is 1.12. The Balaban J connectivity index is 1.26. The summed E-state index contributed by atoms with van der Waals surface area (Å²) < 4.78 is 7.82. The third kappa shape index (κ3) is 4.47. The number of nitrogens with zero attached hydrogens (tertiary/aromatic N) is 5. The van der Waals surface area contributed by atoms with Crippen LogP contribution in [0.15, 0.2) is 24.3 Å². The number of benzene rings is 1. The van der Waals surface area contributed by atoms with Crippen LogP contribution in [0.5, 0.6) is 5.75 Å². The van der Waals surface area contributed by atoms with Gasteiger partial charge in [-0.25, -0.2) is 0 Å². The maximum Gasteiger partial charge on any atom is 0.274 e. The first-order valence-corrected chi connectivity index (χ1v) is 12.7. The second-order valence-corrected chi connectivity index (χ2v) is 9.57. The van der Waals surface area contributed by atoms with Crippen LogP contribution in [0.2, 0.25) is 0 Å². The van der Waals surface area contributed by atoms with Crippen LogP contribution in [0.4, 0.5) is 5.69 Å². The van der Waals surface area contributed by atoms with Gasteiger partial charge >= 0.3 is 0 Å². The van der Waals surface area contributed by atoms with Crippen molar-refractivity contribution in [3.05, 3.63) is 41.2 Å². The van der Waals surface area contributed by atoms with Gasteiger partial charge in [-0.2, -0.15) is 5.10 Å². The van der Waals surface area contributed by atoms with Gasteiger partial charge in [-0.05, 0) is 57.6 Å².